The Morgan fingerprint density at radius 2 is 1.97 bits per heavy atom. The molecule has 168 valence electrons. The van der Waals surface area contributed by atoms with Gasteiger partial charge >= 0.3 is 0 Å². The van der Waals surface area contributed by atoms with Crippen LogP contribution in [0.2, 0.25) is 5.02 Å². The van der Waals surface area contributed by atoms with Gasteiger partial charge in [-0.2, -0.15) is 0 Å². The zero-order valence-corrected chi connectivity index (χ0v) is 20.4. The number of phenols is 1. The molecule has 1 amide bonds. The third kappa shape index (κ3) is 4.58. The van der Waals surface area contributed by atoms with Gasteiger partial charge in [0, 0.05) is 16.0 Å². The summed E-state index contributed by atoms with van der Waals surface area (Å²) in [5.41, 5.74) is 5.44. The molecular weight excluding hydrogens is 474 g/mol. The summed E-state index contributed by atoms with van der Waals surface area (Å²) in [4.78, 5) is 22.7. The van der Waals surface area contributed by atoms with E-state index in [9.17, 15) is 9.90 Å². The predicted octanol–water partition coefficient (Wildman–Crippen LogP) is 6.72. The van der Waals surface area contributed by atoms with Crippen LogP contribution in [0.3, 0.4) is 0 Å². The van der Waals surface area contributed by atoms with Crippen molar-refractivity contribution in [1.82, 2.24) is 9.97 Å². The highest BCUT2D eigenvalue weighted by Crippen LogP contribution is 2.40. The molecule has 1 aliphatic rings. The molecule has 0 fully saturated rings. The molecule has 1 unspecified atom stereocenters. The minimum Gasteiger partial charge on any atom is -0.506 e. The number of aromatic nitrogens is 2. The lowest BCUT2D eigenvalue weighted by molar-refractivity contribution is -0.115. The van der Waals surface area contributed by atoms with Crippen molar-refractivity contribution in [1.29, 1.82) is 0 Å². The Morgan fingerprint density at radius 1 is 1.15 bits per heavy atom. The molecule has 2 aromatic carbocycles. The molecule has 0 radical (unpaired) electrons. The Hall–Kier alpha value is -2.61. The summed E-state index contributed by atoms with van der Waals surface area (Å²) in [5.74, 6) is -0.267. The van der Waals surface area contributed by atoms with E-state index < -0.39 is 5.25 Å². The number of thioether (sulfide) groups is 1. The quantitative estimate of drug-likeness (QED) is 0.183. The molecule has 2 aromatic heterocycles. The molecule has 33 heavy (non-hydrogen) atoms. The Balaban J connectivity index is 1.43. The number of nitrogens with one attached hydrogen (secondary N) is 1. The largest absolute Gasteiger partial charge is 0.506 e. The third-order valence-corrected chi connectivity index (χ3v) is 8.09. The highest BCUT2D eigenvalue weighted by molar-refractivity contribution is 8.00. The number of nitrogens with zero attached hydrogens (tertiary/aromatic N) is 2. The van der Waals surface area contributed by atoms with Gasteiger partial charge < -0.3 is 10.4 Å². The van der Waals surface area contributed by atoms with Crippen molar-refractivity contribution in [2.75, 3.05) is 5.32 Å². The Labute approximate surface area is 205 Å². The molecule has 0 saturated heterocycles. The lowest BCUT2D eigenvalue weighted by Gasteiger charge is -2.17. The first-order valence-corrected chi connectivity index (χ1v) is 12.9. The number of aryl methyl sites for hydroxylation is 2. The number of benzene rings is 2. The molecule has 1 aliphatic carbocycles. The van der Waals surface area contributed by atoms with Crippen LogP contribution in [0.4, 0.5) is 5.69 Å². The number of hydrogen-bond donors (Lipinski definition) is 2. The van der Waals surface area contributed by atoms with Gasteiger partial charge in [0.05, 0.1) is 16.3 Å². The van der Waals surface area contributed by atoms with Gasteiger partial charge in [0.1, 0.15) is 21.9 Å². The van der Waals surface area contributed by atoms with Crippen LogP contribution >= 0.6 is 34.7 Å². The van der Waals surface area contributed by atoms with Crippen molar-refractivity contribution in [3.63, 3.8) is 0 Å². The molecule has 0 saturated carbocycles. The van der Waals surface area contributed by atoms with Gasteiger partial charge in [-0.3, -0.25) is 4.79 Å². The average molecular weight is 496 g/mol. The van der Waals surface area contributed by atoms with Crippen molar-refractivity contribution >= 4 is 56.5 Å². The maximum atomic E-state index is 12.8. The maximum Gasteiger partial charge on any atom is 0.237 e. The van der Waals surface area contributed by atoms with Gasteiger partial charge in [0.15, 0.2) is 0 Å². The zero-order chi connectivity index (χ0) is 22.9. The zero-order valence-electron chi connectivity index (χ0n) is 18.0. The number of fused-ring (bicyclic) bond motifs is 2. The minimum absolute atomic E-state index is 0.0260. The normalized spacial score (nSPS) is 14.1. The molecule has 5 rings (SSSR count). The van der Waals surface area contributed by atoms with Crippen LogP contribution in [0.1, 0.15) is 30.9 Å². The number of carbonyl (C=O) groups excluding carboxylic acids is 1. The Kier molecular flexibility index (Phi) is 6.27. The van der Waals surface area contributed by atoms with Gasteiger partial charge in [-0.15, -0.1) is 11.3 Å². The van der Waals surface area contributed by atoms with Gasteiger partial charge in [-0.25, -0.2) is 9.97 Å². The lowest BCUT2D eigenvalue weighted by atomic mass is 9.89. The summed E-state index contributed by atoms with van der Waals surface area (Å²) in [5, 5.41) is 16.6. The number of hydrogen-bond acceptors (Lipinski definition) is 6. The first-order chi connectivity index (χ1) is 16.0. The third-order valence-electron chi connectivity index (χ3n) is 5.87. The molecular formula is C25H22ClN3O2S2. The molecule has 2 N–H and O–H groups in total. The van der Waals surface area contributed by atoms with Crippen molar-refractivity contribution in [2.45, 2.75) is 42.9 Å². The molecule has 0 spiro atoms. The van der Waals surface area contributed by atoms with Crippen LogP contribution in [0.5, 0.6) is 5.75 Å². The smallest absolute Gasteiger partial charge is 0.237 e. The van der Waals surface area contributed by atoms with Crippen LogP contribution in [0.25, 0.3) is 21.3 Å². The van der Waals surface area contributed by atoms with E-state index in [1.807, 2.05) is 6.92 Å². The Morgan fingerprint density at radius 3 is 2.82 bits per heavy atom. The molecule has 8 heteroatoms. The Bertz CT molecular complexity index is 1350. The summed E-state index contributed by atoms with van der Waals surface area (Å²) in [6.07, 6.45) is 6.32. The van der Waals surface area contributed by atoms with E-state index in [1.54, 1.807) is 23.7 Å². The average Bonchev–Trinajstić information content (AvgIpc) is 3.26. The van der Waals surface area contributed by atoms with Gasteiger partial charge in [0.25, 0.3) is 0 Å². The molecule has 0 aliphatic heterocycles. The summed E-state index contributed by atoms with van der Waals surface area (Å²) < 4.78 is 0. The van der Waals surface area contributed by atoms with Crippen LogP contribution in [-0.4, -0.2) is 26.2 Å². The van der Waals surface area contributed by atoms with E-state index in [-0.39, 0.29) is 17.3 Å². The fraction of sp³-hybridized carbons (Fsp3) is 0.240. The van der Waals surface area contributed by atoms with Crippen LogP contribution in [-0.2, 0) is 17.6 Å². The fourth-order valence-electron chi connectivity index (χ4n) is 4.11. The number of amides is 1. The summed E-state index contributed by atoms with van der Waals surface area (Å²) >= 11 is 8.97. The molecule has 0 bridgehead atoms. The van der Waals surface area contributed by atoms with Gasteiger partial charge in [-0.05, 0) is 67.5 Å². The maximum absolute atomic E-state index is 12.8. The van der Waals surface area contributed by atoms with E-state index >= 15 is 0 Å². The number of thiophene rings is 1. The van der Waals surface area contributed by atoms with E-state index in [0.717, 1.165) is 33.6 Å². The van der Waals surface area contributed by atoms with Gasteiger partial charge in [0.2, 0.25) is 5.91 Å². The summed E-state index contributed by atoms with van der Waals surface area (Å²) in [6.45, 7) is 1.82. The van der Waals surface area contributed by atoms with Gasteiger partial charge in [-0.1, -0.05) is 41.6 Å². The second kappa shape index (κ2) is 9.33. The number of anilines is 1. The lowest BCUT2D eigenvalue weighted by Crippen LogP contribution is -2.22. The standard InChI is InChI=1S/C25H22ClN3O2S2/c1-14(23(31)29-20-11-18(26)8-9-21(20)30)33-25-22-19(12-32-24(22)27-13-28-25)17-7-6-15-4-2-3-5-16(15)10-17/h6-14,30H,2-5H2,1H3,(H,29,31). The second-order valence-electron chi connectivity index (χ2n) is 8.11. The topological polar surface area (TPSA) is 75.1 Å². The van der Waals surface area contributed by atoms with E-state index in [0.29, 0.717) is 5.02 Å². The predicted molar refractivity (Wildman–Crippen MR) is 137 cm³/mol. The fourth-order valence-corrected chi connectivity index (χ4v) is 6.20. The first kappa shape index (κ1) is 22.2. The minimum atomic E-state index is -0.447. The van der Waals surface area contributed by atoms with Crippen molar-refractivity contribution in [3.8, 4) is 16.9 Å². The highest BCUT2D eigenvalue weighted by atomic mass is 35.5. The van der Waals surface area contributed by atoms with E-state index in [4.69, 9.17) is 11.6 Å². The van der Waals surface area contributed by atoms with Crippen molar-refractivity contribution in [2.24, 2.45) is 0 Å². The van der Waals surface area contributed by atoms with Crippen molar-refractivity contribution < 1.29 is 9.90 Å². The van der Waals surface area contributed by atoms with Crippen molar-refractivity contribution in [3.05, 3.63) is 64.3 Å². The number of rotatable bonds is 5. The molecule has 4 aromatic rings. The monoisotopic (exact) mass is 495 g/mol. The molecule has 1 atom stereocenters. The molecule has 5 nitrogen and oxygen atoms in total. The number of phenolic OH excluding ortho intramolecular Hbond substituents is 1. The van der Waals surface area contributed by atoms with Crippen LogP contribution < -0.4 is 5.32 Å². The van der Waals surface area contributed by atoms with Crippen LogP contribution in [0.15, 0.2) is 53.1 Å². The van der Waals surface area contributed by atoms with E-state index in [2.05, 4.69) is 38.9 Å². The number of halogens is 1. The number of aromatic hydroxyl groups is 1. The number of carbonyl (C=O) groups is 1. The summed E-state index contributed by atoms with van der Waals surface area (Å²) in [6, 6.07) is 11.3. The first-order valence-electron chi connectivity index (χ1n) is 10.8. The molecule has 2 heterocycles. The second-order valence-corrected chi connectivity index (χ2v) is 10.7. The van der Waals surface area contributed by atoms with Crippen LogP contribution in [0, 0.1) is 0 Å². The highest BCUT2D eigenvalue weighted by Gasteiger charge is 2.21. The van der Waals surface area contributed by atoms with E-state index in [1.165, 1.54) is 53.4 Å². The SMILES string of the molecule is CC(Sc1ncnc2scc(-c3ccc4c(c3)CCCC4)c12)C(=O)Nc1cc(Cl)ccc1O. The summed E-state index contributed by atoms with van der Waals surface area (Å²) in [7, 11) is 0.